The number of ketones is 1. The zero-order valence-electron chi connectivity index (χ0n) is 20.1. The van der Waals surface area contributed by atoms with Gasteiger partial charge in [-0.25, -0.2) is 0 Å². The fourth-order valence-corrected chi connectivity index (χ4v) is 5.68. The van der Waals surface area contributed by atoms with Crippen molar-refractivity contribution >= 4 is 23.5 Å². The second-order valence-corrected chi connectivity index (χ2v) is 10.5. The summed E-state index contributed by atoms with van der Waals surface area (Å²) in [7, 11) is 0. The number of carbonyl (C=O) groups is 4. The molecule has 3 fully saturated rings. The van der Waals surface area contributed by atoms with E-state index in [4.69, 9.17) is 5.73 Å². The summed E-state index contributed by atoms with van der Waals surface area (Å²) in [6.07, 6.45) is 9.38. The Kier molecular flexibility index (Phi) is 8.32. The Bertz CT molecular complexity index is 780. The lowest BCUT2D eigenvalue weighted by Gasteiger charge is -2.33. The van der Waals surface area contributed by atoms with E-state index >= 15 is 0 Å². The van der Waals surface area contributed by atoms with Crippen LogP contribution in [0.5, 0.6) is 0 Å². The van der Waals surface area contributed by atoms with Crippen LogP contribution in [-0.2, 0) is 19.2 Å². The van der Waals surface area contributed by atoms with Crippen LogP contribution in [0.25, 0.3) is 0 Å². The number of amides is 3. The molecule has 33 heavy (non-hydrogen) atoms. The van der Waals surface area contributed by atoms with Gasteiger partial charge in [-0.2, -0.15) is 0 Å². The second-order valence-electron chi connectivity index (χ2n) is 10.5. The third kappa shape index (κ3) is 5.65. The zero-order valence-corrected chi connectivity index (χ0v) is 20.1. The van der Waals surface area contributed by atoms with Crippen LogP contribution >= 0.6 is 0 Å². The number of nitrogens with two attached hydrogens (primary N) is 1. The second kappa shape index (κ2) is 10.8. The summed E-state index contributed by atoms with van der Waals surface area (Å²) < 4.78 is 0. The largest absolute Gasteiger partial charge is 0.346 e. The molecule has 0 radical (unpaired) electrons. The van der Waals surface area contributed by atoms with Crippen LogP contribution in [0.2, 0.25) is 0 Å². The monoisotopic (exact) mass is 460 g/mol. The predicted octanol–water partition coefficient (Wildman–Crippen LogP) is 1.68. The van der Waals surface area contributed by atoms with Gasteiger partial charge < -0.3 is 21.3 Å². The molecule has 3 rings (SSSR count). The molecule has 0 spiro atoms. The van der Waals surface area contributed by atoms with Gasteiger partial charge in [0.15, 0.2) is 0 Å². The lowest BCUT2D eigenvalue weighted by molar-refractivity contribution is -0.143. The van der Waals surface area contributed by atoms with E-state index in [1.807, 2.05) is 0 Å². The number of nitrogens with one attached hydrogen (secondary N) is 2. The van der Waals surface area contributed by atoms with Gasteiger partial charge in [0.2, 0.25) is 17.6 Å². The Morgan fingerprint density at radius 3 is 2.36 bits per heavy atom. The van der Waals surface area contributed by atoms with E-state index in [9.17, 15) is 19.2 Å². The molecule has 2 saturated heterocycles. The Hall–Kier alpha value is -2.22. The number of Topliss-reactive ketones (excluding diaryl/α,β-unsaturated/α-hetero) is 1. The van der Waals surface area contributed by atoms with Crippen LogP contribution < -0.4 is 16.4 Å². The van der Waals surface area contributed by atoms with E-state index in [-0.39, 0.29) is 35.6 Å². The van der Waals surface area contributed by atoms with Gasteiger partial charge in [0.25, 0.3) is 5.91 Å². The highest BCUT2D eigenvalue weighted by Gasteiger charge is 2.69. The predicted molar refractivity (Wildman–Crippen MR) is 126 cm³/mol. The molecular weight excluding hydrogens is 420 g/mol. The van der Waals surface area contributed by atoms with Crippen LogP contribution in [0.4, 0.5) is 0 Å². The molecule has 0 aromatic carbocycles. The van der Waals surface area contributed by atoms with Gasteiger partial charge >= 0.3 is 0 Å². The topological polar surface area (TPSA) is 122 Å². The summed E-state index contributed by atoms with van der Waals surface area (Å²) in [5, 5.41) is 5.36. The maximum atomic E-state index is 13.5. The molecule has 0 bridgehead atoms. The Morgan fingerprint density at radius 2 is 1.73 bits per heavy atom. The summed E-state index contributed by atoms with van der Waals surface area (Å²) in [4.78, 5) is 53.4. The fraction of sp³-hybridized carbons (Fsp3) is 0.760. The molecule has 0 aromatic rings. The van der Waals surface area contributed by atoms with E-state index in [0.717, 1.165) is 44.9 Å². The summed E-state index contributed by atoms with van der Waals surface area (Å²) in [5.74, 6) is -1.62. The lowest BCUT2D eigenvalue weighted by atomic mass is 9.97. The molecule has 1 saturated carbocycles. The van der Waals surface area contributed by atoms with Crippen molar-refractivity contribution in [2.24, 2.45) is 23.0 Å². The standard InChI is InChI=1S/C25H40N4O4/c1-4-14-27-23(32)21(30)18-13-11-9-7-5-6-8-10-12-17(26)24(33)29-15-16-19(25(16,2)3)20(29)22(31)28-18/h4,16-20H,1,5-15,26H2,2-3H3,(H,27,32)(H,28,31)/t16-,17-,18-,19-,20-/m0/s1. The first kappa shape index (κ1) is 25.4. The lowest BCUT2D eigenvalue weighted by Crippen LogP contribution is -2.57. The summed E-state index contributed by atoms with van der Waals surface area (Å²) in [6.45, 7) is 8.48. The van der Waals surface area contributed by atoms with Crippen LogP contribution in [-0.4, -0.2) is 59.6 Å². The molecule has 2 aliphatic heterocycles. The number of carbonyl (C=O) groups excluding carboxylic acids is 4. The highest BCUT2D eigenvalue weighted by atomic mass is 16.2. The molecule has 4 N–H and O–H groups in total. The molecule has 184 valence electrons. The van der Waals surface area contributed by atoms with Crippen LogP contribution in [0, 0.1) is 17.3 Å². The molecule has 3 aliphatic rings. The van der Waals surface area contributed by atoms with Gasteiger partial charge in [0, 0.05) is 13.1 Å². The van der Waals surface area contributed by atoms with Crippen molar-refractivity contribution in [3.8, 4) is 0 Å². The molecule has 0 unspecified atom stereocenters. The summed E-state index contributed by atoms with van der Waals surface area (Å²) in [5.41, 5.74) is 6.20. The van der Waals surface area contributed by atoms with E-state index in [2.05, 4.69) is 31.1 Å². The maximum absolute atomic E-state index is 13.5. The number of fused-ring (bicyclic) bond motifs is 3. The molecule has 8 heteroatoms. The van der Waals surface area contributed by atoms with Gasteiger partial charge in [-0.3, -0.25) is 19.2 Å². The number of nitrogens with zero attached hydrogens (tertiary/aromatic N) is 1. The third-order valence-electron chi connectivity index (χ3n) is 7.85. The van der Waals surface area contributed by atoms with Crippen molar-refractivity contribution < 1.29 is 19.2 Å². The van der Waals surface area contributed by atoms with Crippen molar-refractivity contribution in [3.63, 3.8) is 0 Å². The average molecular weight is 461 g/mol. The Balaban J connectivity index is 1.80. The minimum Gasteiger partial charge on any atom is -0.346 e. The third-order valence-corrected chi connectivity index (χ3v) is 7.85. The number of piperidine rings is 1. The molecular formula is C25H40N4O4. The van der Waals surface area contributed by atoms with E-state index < -0.39 is 29.8 Å². The SMILES string of the molecule is C=CCNC(=O)C(=O)[C@@H]1CCCCCCCCC[C@H](N)C(=O)N2C[C@H]3[C@@H]([C@H]2C(=O)N1)C3(C)C. The number of hydrogen-bond donors (Lipinski definition) is 3. The average Bonchev–Trinajstić information content (AvgIpc) is 3.12. The van der Waals surface area contributed by atoms with E-state index in [1.54, 1.807) is 4.90 Å². The number of rotatable bonds is 4. The first-order valence-electron chi connectivity index (χ1n) is 12.5. The quantitative estimate of drug-likeness (QED) is 0.435. The minimum absolute atomic E-state index is 0.0371. The van der Waals surface area contributed by atoms with Crippen LogP contribution in [0.15, 0.2) is 12.7 Å². The van der Waals surface area contributed by atoms with Crippen LogP contribution in [0.3, 0.4) is 0 Å². The zero-order chi connectivity index (χ0) is 24.2. The molecule has 8 nitrogen and oxygen atoms in total. The highest BCUT2D eigenvalue weighted by Crippen LogP contribution is 2.64. The first-order chi connectivity index (χ1) is 15.7. The van der Waals surface area contributed by atoms with Gasteiger partial charge in [-0.15, -0.1) is 6.58 Å². The molecule has 3 amide bonds. The van der Waals surface area contributed by atoms with Crippen LogP contribution in [0.1, 0.15) is 71.6 Å². The smallest absolute Gasteiger partial charge is 0.289 e. The maximum Gasteiger partial charge on any atom is 0.289 e. The van der Waals surface area contributed by atoms with Crippen molar-refractivity contribution in [2.75, 3.05) is 13.1 Å². The summed E-state index contributed by atoms with van der Waals surface area (Å²) >= 11 is 0. The van der Waals surface area contributed by atoms with Gasteiger partial charge in [-0.1, -0.05) is 64.9 Å². The Morgan fingerprint density at radius 1 is 1.12 bits per heavy atom. The van der Waals surface area contributed by atoms with E-state index in [0.29, 0.717) is 19.4 Å². The van der Waals surface area contributed by atoms with E-state index in [1.165, 1.54) is 6.08 Å². The molecule has 0 aromatic heterocycles. The fourth-order valence-electron chi connectivity index (χ4n) is 5.68. The molecule has 5 atom stereocenters. The first-order valence-corrected chi connectivity index (χ1v) is 12.5. The molecule has 2 heterocycles. The normalized spacial score (nSPS) is 32.8. The van der Waals surface area contributed by atoms with Gasteiger partial charge in [0.1, 0.15) is 6.04 Å². The summed E-state index contributed by atoms with van der Waals surface area (Å²) in [6, 6.07) is -2.17. The van der Waals surface area contributed by atoms with Crippen molar-refractivity contribution in [2.45, 2.75) is 89.8 Å². The van der Waals surface area contributed by atoms with Crippen molar-refractivity contribution in [1.82, 2.24) is 15.5 Å². The van der Waals surface area contributed by atoms with Crippen molar-refractivity contribution in [3.05, 3.63) is 12.7 Å². The van der Waals surface area contributed by atoms with Crippen molar-refractivity contribution in [1.29, 1.82) is 0 Å². The minimum atomic E-state index is -0.901. The highest BCUT2D eigenvalue weighted by molar-refractivity contribution is 6.38. The number of hydrogen-bond acceptors (Lipinski definition) is 5. The van der Waals surface area contributed by atoms with Gasteiger partial charge in [-0.05, 0) is 30.1 Å². The molecule has 1 aliphatic carbocycles. The van der Waals surface area contributed by atoms with Gasteiger partial charge in [0.05, 0.1) is 12.1 Å². The Labute approximate surface area is 197 Å².